The van der Waals surface area contributed by atoms with Crippen molar-refractivity contribution in [2.75, 3.05) is 5.32 Å². The fourth-order valence-corrected chi connectivity index (χ4v) is 3.22. The van der Waals surface area contributed by atoms with E-state index in [-0.39, 0.29) is 11.3 Å². The summed E-state index contributed by atoms with van der Waals surface area (Å²) in [4.78, 5) is 24.8. The zero-order chi connectivity index (χ0) is 19.8. The Hall–Kier alpha value is -3.74. The molecule has 4 aromatic rings. The molecule has 2 aromatic heterocycles. The second kappa shape index (κ2) is 6.77. The number of aryl methyl sites for hydroxylation is 2. The maximum Gasteiger partial charge on any atom is 0.276 e. The highest BCUT2D eigenvalue weighted by Crippen LogP contribution is 2.24. The largest absolute Gasteiger partial charge is 0.317 e. The molecule has 0 fully saturated rings. The van der Waals surface area contributed by atoms with Gasteiger partial charge in [0.25, 0.3) is 11.5 Å². The van der Waals surface area contributed by atoms with Gasteiger partial charge in [0.1, 0.15) is 0 Å². The average Bonchev–Trinajstić information content (AvgIpc) is 2.97. The number of aromatic amines is 1. The average molecular weight is 373 g/mol. The Morgan fingerprint density at radius 1 is 1.00 bits per heavy atom. The van der Waals surface area contributed by atoms with E-state index < -0.39 is 5.91 Å². The van der Waals surface area contributed by atoms with Crippen molar-refractivity contribution in [2.45, 2.75) is 20.8 Å². The Morgan fingerprint density at radius 3 is 2.39 bits per heavy atom. The molecule has 0 aliphatic heterocycles. The number of benzene rings is 2. The quantitative estimate of drug-likeness (QED) is 0.576. The third-order valence-corrected chi connectivity index (χ3v) is 4.72. The van der Waals surface area contributed by atoms with Crippen LogP contribution in [0.25, 0.3) is 16.5 Å². The summed E-state index contributed by atoms with van der Waals surface area (Å²) in [5, 5.41) is 14.7. The normalized spacial score (nSPS) is 11.0. The van der Waals surface area contributed by atoms with E-state index in [1.54, 1.807) is 28.9 Å². The third kappa shape index (κ3) is 2.96. The van der Waals surface area contributed by atoms with Crippen LogP contribution < -0.4 is 10.9 Å². The fraction of sp³-hybridized carbons (Fsp3) is 0.143. The summed E-state index contributed by atoms with van der Waals surface area (Å²) in [6.07, 6.45) is 0. The smallest absolute Gasteiger partial charge is 0.276 e. The van der Waals surface area contributed by atoms with Crippen molar-refractivity contribution in [3.63, 3.8) is 0 Å². The summed E-state index contributed by atoms with van der Waals surface area (Å²) in [5.74, 6) is -0.401. The molecule has 140 valence electrons. The molecule has 2 heterocycles. The van der Waals surface area contributed by atoms with Crippen LogP contribution in [0.5, 0.6) is 0 Å². The molecule has 2 N–H and O–H groups in total. The predicted molar refractivity (Wildman–Crippen MR) is 108 cm³/mol. The maximum absolute atomic E-state index is 12.9. The van der Waals surface area contributed by atoms with Crippen LogP contribution in [-0.4, -0.2) is 25.9 Å². The van der Waals surface area contributed by atoms with Crippen molar-refractivity contribution in [3.05, 3.63) is 81.5 Å². The molecular weight excluding hydrogens is 354 g/mol. The highest BCUT2D eigenvalue weighted by atomic mass is 16.2. The van der Waals surface area contributed by atoms with Gasteiger partial charge in [0.15, 0.2) is 5.69 Å². The van der Waals surface area contributed by atoms with Crippen molar-refractivity contribution in [2.24, 2.45) is 0 Å². The van der Waals surface area contributed by atoms with Crippen molar-refractivity contribution in [1.29, 1.82) is 0 Å². The van der Waals surface area contributed by atoms with E-state index in [9.17, 15) is 9.59 Å². The molecule has 0 saturated carbocycles. The van der Waals surface area contributed by atoms with Crippen LogP contribution in [0, 0.1) is 20.8 Å². The van der Waals surface area contributed by atoms with Crippen LogP contribution >= 0.6 is 0 Å². The van der Waals surface area contributed by atoms with E-state index in [1.807, 2.05) is 45.0 Å². The van der Waals surface area contributed by atoms with E-state index in [4.69, 9.17) is 0 Å². The minimum atomic E-state index is -0.401. The molecule has 0 spiro atoms. The highest BCUT2D eigenvalue weighted by molar-refractivity contribution is 6.11. The molecule has 0 aliphatic carbocycles. The number of hydrogen-bond acceptors (Lipinski definition) is 4. The zero-order valence-electron chi connectivity index (χ0n) is 15.8. The summed E-state index contributed by atoms with van der Waals surface area (Å²) in [6.45, 7) is 5.76. The van der Waals surface area contributed by atoms with E-state index in [0.29, 0.717) is 22.2 Å². The Kier molecular flexibility index (Phi) is 4.27. The van der Waals surface area contributed by atoms with Crippen LogP contribution in [0.3, 0.4) is 0 Å². The van der Waals surface area contributed by atoms with Crippen molar-refractivity contribution in [1.82, 2.24) is 20.0 Å². The number of aromatic nitrogens is 4. The van der Waals surface area contributed by atoms with Crippen LogP contribution in [0.1, 0.15) is 27.4 Å². The lowest BCUT2D eigenvalue weighted by Gasteiger charge is -2.08. The van der Waals surface area contributed by atoms with Gasteiger partial charge in [-0.05, 0) is 39.0 Å². The molecular formula is C21H19N5O2. The molecule has 0 radical (unpaired) electrons. The Balaban J connectivity index is 1.72. The van der Waals surface area contributed by atoms with Gasteiger partial charge in [-0.2, -0.15) is 10.2 Å². The van der Waals surface area contributed by atoms with Gasteiger partial charge in [-0.15, -0.1) is 0 Å². The Labute approximate surface area is 161 Å². The number of rotatable bonds is 3. The lowest BCUT2D eigenvalue weighted by Crippen LogP contribution is -2.19. The van der Waals surface area contributed by atoms with Gasteiger partial charge in [0.2, 0.25) is 0 Å². The standard InChI is InChI=1S/C21H19N5O2/c1-12-8-10-15(11-9-12)26-14(3)18(13(2)25-26)22-21(28)19-16-6-4-5-7-17(16)20(27)24-23-19/h4-11H,1-3H3,(H,22,28)(H,24,27). The summed E-state index contributed by atoms with van der Waals surface area (Å²) < 4.78 is 1.79. The Bertz CT molecular complexity index is 1250. The summed E-state index contributed by atoms with van der Waals surface area (Å²) in [7, 11) is 0. The van der Waals surface area contributed by atoms with E-state index in [0.717, 1.165) is 16.9 Å². The van der Waals surface area contributed by atoms with Crippen LogP contribution in [0.4, 0.5) is 5.69 Å². The first-order valence-electron chi connectivity index (χ1n) is 8.87. The van der Waals surface area contributed by atoms with E-state index in [1.165, 1.54) is 0 Å². The second-order valence-electron chi connectivity index (χ2n) is 6.69. The molecule has 1 amide bonds. The van der Waals surface area contributed by atoms with Gasteiger partial charge < -0.3 is 5.32 Å². The lowest BCUT2D eigenvalue weighted by atomic mass is 10.1. The molecule has 7 heteroatoms. The van der Waals surface area contributed by atoms with Crippen molar-refractivity contribution >= 4 is 22.4 Å². The number of fused-ring (bicyclic) bond motifs is 1. The molecule has 4 rings (SSSR count). The van der Waals surface area contributed by atoms with Crippen molar-refractivity contribution < 1.29 is 4.79 Å². The first kappa shape index (κ1) is 17.7. The summed E-state index contributed by atoms with van der Waals surface area (Å²) >= 11 is 0. The van der Waals surface area contributed by atoms with Gasteiger partial charge >= 0.3 is 0 Å². The molecule has 0 atom stereocenters. The minimum Gasteiger partial charge on any atom is -0.317 e. The molecule has 28 heavy (non-hydrogen) atoms. The molecule has 0 bridgehead atoms. The monoisotopic (exact) mass is 373 g/mol. The molecule has 0 aliphatic rings. The van der Waals surface area contributed by atoms with Gasteiger partial charge in [-0.1, -0.05) is 35.9 Å². The number of nitrogens with one attached hydrogen (secondary N) is 2. The number of anilines is 1. The number of carbonyl (C=O) groups is 1. The van der Waals surface area contributed by atoms with Crippen LogP contribution in [0.15, 0.2) is 53.3 Å². The van der Waals surface area contributed by atoms with Gasteiger partial charge in [-0.3, -0.25) is 9.59 Å². The van der Waals surface area contributed by atoms with E-state index in [2.05, 4.69) is 20.6 Å². The van der Waals surface area contributed by atoms with Gasteiger partial charge in [0, 0.05) is 5.39 Å². The predicted octanol–water partition coefficient (Wildman–Crippen LogP) is 3.29. The molecule has 7 nitrogen and oxygen atoms in total. The van der Waals surface area contributed by atoms with Crippen LogP contribution in [0.2, 0.25) is 0 Å². The third-order valence-electron chi connectivity index (χ3n) is 4.72. The first-order chi connectivity index (χ1) is 13.5. The fourth-order valence-electron chi connectivity index (χ4n) is 3.22. The number of hydrogen-bond donors (Lipinski definition) is 2. The summed E-state index contributed by atoms with van der Waals surface area (Å²) in [6, 6.07) is 14.9. The molecule has 2 aromatic carbocycles. The molecule has 0 unspecified atom stereocenters. The topological polar surface area (TPSA) is 92.7 Å². The Morgan fingerprint density at radius 2 is 1.68 bits per heavy atom. The highest BCUT2D eigenvalue weighted by Gasteiger charge is 2.19. The van der Waals surface area contributed by atoms with Crippen molar-refractivity contribution in [3.8, 4) is 5.69 Å². The first-order valence-corrected chi connectivity index (χ1v) is 8.87. The number of nitrogens with zero attached hydrogens (tertiary/aromatic N) is 3. The SMILES string of the molecule is Cc1ccc(-n2nc(C)c(NC(=O)c3n[nH]c(=O)c4ccccc34)c2C)cc1. The van der Waals surface area contributed by atoms with Gasteiger partial charge in [-0.25, -0.2) is 9.78 Å². The number of carbonyl (C=O) groups excluding carboxylic acids is 1. The minimum absolute atomic E-state index is 0.164. The van der Waals surface area contributed by atoms with Crippen LogP contribution in [-0.2, 0) is 0 Å². The zero-order valence-corrected chi connectivity index (χ0v) is 15.8. The lowest BCUT2D eigenvalue weighted by molar-refractivity contribution is 0.102. The number of amides is 1. The number of H-pyrrole nitrogens is 1. The van der Waals surface area contributed by atoms with E-state index >= 15 is 0 Å². The maximum atomic E-state index is 12.9. The summed E-state index contributed by atoms with van der Waals surface area (Å²) in [5.41, 5.74) is 4.05. The molecule has 0 saturated heterocycles. The second-order valence-corrected chi connectivity index (χ2v) is 6.69. The van der Waals surface area contributed by atoms with Gasteiger partial charge in [0.05, 0.1) is 28.1 Å².